The van der Waals surface area contributed by atoms with Gasteiger partial charge in [-0.25, -0.2) is 0 Å². The lowest BCUT2D eigenvalue weighted by Gasteiger charge is -2.21. The Morgan fingerprint density at radius 1 is 1.05 bits per heavy atom. The summed E-state index contributed by atoms with van der Waals surface area (Å²) in [5.74, 6) is 0. The van der Waals surface area contributed by atoms with Crippen LogP contribution in [0.3, 0.4) is 0 Å². The van der Waals surface area contributed by atoms with Gasteiger partial charge in [0.1, 0.15) is 0 Å². The predicted octanol–water partition coefficient (Wildman–Crippen LogP) is 4.49. The fourth-order valence-electron chi connectivity index (χ4n) is 2.81. The van der Waals surface area contributed by atoms with Gasteiger partial charge in [0.15, 0.2) is 0 Å². The molecule has 0 aliphatic heterocycles. The van der Waals surface area contributed by atoms with Gasteiger partial charge in [-0.05, 0) is 55.2 Å². The summed E-state index contributed by atoms with van der Waals surface area (Å²) in [4.78, 5) is 0. The van der Waals surface area contributed by atoms with E-state index in [1.54, 1.807) is 0 Å². The molecule has 0 saturated carbocycles. The molecule has 0 aliphatic rings. The van der Waals surface area contributed by atoms with Gasteiger partial charge in [0.25, 0.3) is 0 Å². The summed E-state index contributed by atoms with van der Waals surface area (Å²) in [6, 6.07) is 19.2. The van der Waals surface area contributed by atoms with Crippen LogP contribution in [0, 0.1) is 0 Å². The molecule has 1 heterocycles. The van der Waals surface area contributed by atoms with Crippen LogP contribution in [0.5, 0.6) is 0 Å². The van der Waals surface area contributed by atoms with Gasteiger partial charge in [-0.2, -0.15) is 0 Å². The van der Waals surface area contributed by atoms with E-state index in [1.807, 2.05) is 19.2 Å². The van der Waals surface area contributed by atoms with Gasteiger partial charge in [0.2, 0.25) is 0 Å². The van der Waals surface area contributed by atoms with Crippen LogP contribution in [0.4, 0.5) is 0 Å². The van der Waals surface area contributed by atoms with Gasteiger partial charge < -0.3 is 9.88 Å². The van der Waals surface area contributed by atoms with Crippen LogP contribution in [0.25, 0.3) is 10.9 Å². The first-order valence-electron chi connectivity index (χ1n) is 7.25. The molecule has 2 aromatic carbocycles. The Bertz CT molecular complexity index is 715. The average Bonchev–Trinajstić information content (AvgIpc) is 2.93. The van der Waals surface area contributed by atoms with E-state index in [0.29, 0.717) is 6.04 Å². The summed E-state index contributed by atoms with van der Waals surface area (Å²) in [7, 11) is 1.99. The number of aromatic nitrogens is 1. The largest absolute Gasteiger partial charge is 0.340 e. The van der Waals surface area contributed by atoms with Crippen molar-refractivity contribution in [3.05, 3.63) is 71.4 Å². The van der Waals surface area contributed by atoms with Crippen molar-refractivity contribution in [2.45, 2.75) is 12.5 Å². The van der Waals surface area contributed by atoms with Gasteiger partial charge in [-0.1, -0.05) is 41.9 Å². The molecule has 3 heteroatoms. The van der Waals surface area contributed by atoms with Crippen molar-refractivity contribution in [2.75, 3.05) is 13.6 Å². The summed E-state index contributed by atoms with van der Waals surface area (Å²) in [6.07, 6.45) is 3.22. The lowest BCUT2D eigenvalue weighted by atomic mass is 10.0. The Morgan fingerprint density at radius 3 is 2.57 bits per heavy atom. The van der Waals surface area contributed by atoms with Crippen LogP contribution < -0.4 is 5.32 Å². The first-order chi connectivity index (χ1) is 10.3. The molecule has 21 heavy (non-hydrogen) atoms. The highest BCUT2D eigenvalue weighted by atomic mass is 35.5. The lowest BCUT2D eigenvalue weighted by Crippen LogP contribution is -2.17. The van der Waals surface area contributed by atoms with Crippen molar-refractivity contribution in [1.29, 1.82) is 0 Å². The highest BCUT2D eigenvalue weighted by Crippen LogP contribution is 2.28. The van der Waals surface area contributed by atoms with Crippen LogP contribution in [-0.4, -0.2) is 18.2 Å². The van der Waals surface area contributed by atoms with Gasteiger partial charge in [-0.3, -0.25) is 0 Å². The quantitative estimate of drug-likeness (QED) is 0.734. The molecule has 0 fully saturated rings. The second-order valence-corrected chi connectivity index (χ2v) is 5.68. The van der Waals surface area contributed by atoms with E-state index in [2.05, 4.69) is 58.5 Å². The molecule has 3 rings (SSSR count). The van der Waals surface area contributed by atoms with E-state index < -0.39 is 0 Å². The molecule has 1 atom stereocenters. The van der Waals surface area contributed by atoms with E-state index in [9.17, 15) is 0 Å². The minimum Gasteiger partial charge on any atom is -0.340 e. The Balaban J connectivity index is 2.04. The molecular formula is C18H19ClN2. The van der Waals surface area contributed by atoms with E-state index in [0.717, 1.165) is 18.0 Å². The molecule has 0 aliphatic carbocycles. The zero-order valence-electron chi connectivity index (χ0n) is 12.1. The third-order valence-corrected chi connectivity index (χ3v) is 4.14. The van der Waals surface area contributed by atoms with Crippen molar-refractivity contribution < 1.29 is 0 Å². The minimum atomic E-state index is 0.314. The number of halogens is 1. The molecule has 0 saturated heterocycles. The maximum Gasteiger partial charge on any atom is 0.0598 e. The molecule has 108 valence electrons. The van der Waals surface area contributed by atoms with Crippen molar-refractivity contribution >= 4 is 22.5 Å². The molecule has 0 bridgehead atoms. The third-order valence-electron chi connectivity index (χ3n) is 3.89. The standard InChI is InChI=1S/C18H19ClN2/c1-20-12-10-18(15-6-8-16(19)9-7-15)21-13-11-14-4-2-3-5-17(14)21/h2-9,11,13,18,20H,10,12H2,1H3. The maximum atomic E-state index is 6.02. The fraction of sp³-hybridized carbons (Fsp3) is 0.222. The summed E-state index contributed by atoms with van der Waals surface area (Å²) in [5, 5.41) is 5.31. The van der Waals surface area contributed by atoms with Crippen LogP contribution >= 0.6 is 11.6 Å². The minimum absolute atomic E-state index is 0.314. The van der Waals surface area contributed by atoms with Crippen LogP contribution in [0.2, 0.25) is 5.02 Å². The van der Waals surface area contributed by atoms with E-state index in [4.69, 9.17) is 11.6 Å². The normalized spacial score (nSPS) is 12.7. The second-order valence-electron chi connectivity index (χ2n) is 5.24. The SMILES string of the molecule is CNCCC(c1ccc(Cl)cc1)n1ccc2ccccc21. The molecule has 1 aromatic heterocycles. The number of rotatable bonds is 5. The Kier molecular flexibility index (Phi) is 4.28. The van der Waals surface area contributed by atoms with E-state index in [-0.39, 0.29) is 0 Å². The monoisotopic (exact) mass is 298 g/mol. The highest BCUT2D eigenvalue weighted by molar-refractivity contribution is 6.30. The average molecular weight is 299 g/mol. The molecule has 0 spiro atoms. The van der Waals surface area contributed by atoms with Crippen molar-refractivity contribution in [2.24, 2.45) is 0 Å². The van der Waals surface area contributed by atoms with Gasteiger partial charge in [0.05, 0.1) is 6.04 Å². The Hall–Kier alpha value is -1.77. The van der Waals surface area contributed by atoms with E-state index in [1.165, 1.54) is 16.5 Å². The zero-order valence-corrected chi connectivity index (χ0v) is 12.8. The lowest BCUT2D eigenvalue weighted by molar-refractivity contribution is 0.539. The summed E-state index contributed by atoms with van der Waals surface area (Å²) < 4.78 is 2.36. The smallest absolute Gasteiger partial charge is 0.0598 e. The Labute approximate surface area is 130 Å². The summed E-state index contributed by atoms with van der Waals surface area (Å²) >= 11 is 6.02. The van der Waals surface area contributed by atoms with Gasteiger partial charge in [-0.15, -0.1) is 0 Å². The number of benzene rings is 2. The third kappa shape index (κ3) is 2.97. The molecule has 1 N–H and O–H groups in total. The molecule has 2 nitrogen and oxygen atoms in total. The van der Waals surface area contributed by atoms with Gasteiger partial charge in [0, 0.05) is 16.7 Å². The van der Waals surface area contributed by atoms with Crippen LogP contribution in [0.15, 0.2) is 60.8 Å². The number of hydrogen-bond acceptors (Lipinski definition) is 1. The highest BCUT2D eigenvalue weighted by Gasteiger charge is 2.15. The van der Waals surface area contributed by atoms with Crippen molar-refractivity contribution in [3.63, 3.8) is 0 Å². The predicted molar refractivity (Wildman–Crippen MR) is 90.1 cm³/mol. The van der Waals surface area contributed by atoms with Crippen molar-refractivity contribution in [1.82, 2.24) is 9.88 Å². The first kappa shape index (κ1) is 14.2. The molecular weight excluding hydrogens is 280 g/mol. The van der Waals surface area contributed by atoms with Crippen molar-refractivity contribution in [3.8, 4) is 0 Å². The molecule has 0 amide bonds. The number of nitrogens with zero attached hydrogens (tertiary/aromatic N) is 1. The summed E-state index contributed by atoms with van der Waals surface area (Å²) in [5.41, 5.74) is 2.56. The number of para-hydroxylation sites is 1. The van der Waals surface area contributed by atoms with E-state index >= 15 is 0 Å². The molecule has 3 aromatic rings. The number of nitrogens with one attached hydrogen (secondary N) is 1. The number of hydrogen-bond donors (Lipinski definition) is 1. The van der Waals surface area contributed by atoms with Gasteiger partial charge >= 0.3 is 0 Å². The first-order valence-corrected chi connectivity index (χ1v) is 7.63. The van der Waals surface area contributed by atoms with Crippen LogP contribution in [0.1, 0.15) is 18.0 Å². The zero-order chi connectivity index (χ0) is 14.7. The summed E-state index contributed by atoms with van der Waals surface area (Å²) in [6.45, 7) is 0.972. The molecule has 1 unspecified atom stereocenters. The Morgan fingerprint density at radius 2 is 1.81 bits per heavy atom. The van der Waals surface area contributed by atoms with Crippen LogP contribution in [-0.2, 0) is 0 Å². The second kappa shape index (κ2) is 6.33. The maximum absolute atomic E-state index is 6.02. The topological polar surface area (TPSA) is 17.0 Å². The number of fused-ring (bicyclic) bond motifs is 1. The molecule has 0 radical (unpaired) electrons. The fourth-order valence-corrected chi connectivity index (χ4v) is 2.93.